The van der Waals surface area contributed by atoms with Crippen molar-refractivity contribution in [2.24, 2.45) is 0 Å². The van der Waals surface area contributed by atoms with E-state index >= 15 is 0 Å². The van der Waals surface area contributed by atoms with Crippen molar-refractivity contribution in [3.8, 4) is 16.9 Å². The van der Waals surface area contributed by atoms with E-state index in [4.69, 9.17) is 6.58 Å². The molecular weight excluding hydrogens is 390 g/mol. The van der Waals surface area contributed by atoms with Crippen LogP contribution in [0.5, 0.6) is 5.75 Å². The number of carbonyl (C=O) groups is 1. The molecule has 4 nitrogen and oxygen atoms in total. The van der Waals surface area contributed by atoms with Gasteiger partial charge in [-0.2, -0.15) is 0 Å². The molecule has 2 rings (SSSR count). The zero-order valence-electron chi connectivity index (χ0n) is 16.3. The van der Waals surface area contributed by atoms with Crippen molar-refractivity contribution in [3.05, 3.63) is 84.5 Å². The molecule has 0 saturated heterocycles. The van der Waals surface area contributed by atoms with Gasteiger partial charge >= 0.3 is 25.2 Å². The third-order valence-corrected chi connectivity index (χ3v) is 3.87. The summed E-state index contributed by atoms with van der Waals surface area (Å²) in [4.78, 5) is 11.5. The van der Waals surface area contributed by atoms with Gasteiger partial charge in [-0.05, 0) is 18.2 Å². The summed E-state index contributed by atoms with van der Waals surface area (Å²) in [6.07, 6.45) is 0.849. The van der Waals surface area contributed by atoms with E-state index < -0.39 is 6.36 Å². The van der Waals surface area contributed by atoms with E-state index in [1.165, 1.54) is 30.3 Å². The smallest absolute Gasteiger partial charge is 0.406 e. The van der Waals surface area contributed by atoms with Gasteiger partial charge in [0.15, 0.2) is 0 Å². The summed E-state index contributed by atoms with van der Waals surface area (Å²) in [5, 5.41) is 12.4. The van der Waals surface area contributed by atoms with E-state index in [9.17, 15) is 23.1 Å². The number of halogens is 3. The maximum atomic E-state index is 12.3. The number of hydrogen-bond donors (Lipinski definition) is 2. The second-order valence-corrected chi connectivity index (χ2v) is 5.80. The summed E-state index contributed by atoms with van der Waals surface area (Å²) in [7, 11) is 0. The van der Waals surface area contributed by atoms with Gasteiger partial charge in [0.05, 0.1) is 0 Å². The molecule has 0 heterocycles. The van der Waals surface area contributed by atoms with Crippen LogP contribution in [0.1, 0.15) is 16.7 Å². The minimum absolute atomic E-state index is 0. The minimum Gasteiger partial charge on any atom is -0.406 e. The summed E-state index contributed by atoms with van der Waals surface area (Å²) < 4.78 is 40.9. The van der Waals surface area contributed by atoms with Crippen LogP contribution in [0, 0.1) is 12.6 Å². The Balaban J connectivity index is 0.00000450. The molecule has 1 amide bonds. The monoisotopic (exact) mass is 408 g/mol. The number of alkyl halides is 3. The van der Waals surface area contributed by atoms with Gasteiger partial charge in [0.25, 0.3) is 0 Å². The van der Waals surface area contributed by atoms with Crippen molar-refractivity contribution in [1.29, 1.82) is 0 Å². The van der Waals surface area contributed by atoms with Gasteiger partial charge in [0.2, 0.25) is 5.91 Å². The number of ether oxygens (including phenoxy) is 1. The van der Waals surface area contributed by atoms with Gasteiger partial charge in [0.1, 0.15) is 5.75 Å². The molecule has 0 aliphatic heterocycles. The third kappa shape index (κ3) is 7.27. The summed E-state index contributed by atoms with van der Waals surface area (Å²) in [5.41, 5.74) is 2.81. The standard InChI is InChI=1S/C22H18F3NO3.Li/c1-3-5-6-16-11-17(12-18(20(16)14-27)13-26-21(28)4-2)15-7-9-19(10-8-15)29-22(23,24)25;/h1,3-10,12,27H,2,13-14H2,(H,26,28);/q-2;+1/b6-5-;. The summed E-state index contributed by atoms with van der Waals surface area (Å²) >= 11 is 0. The van der Waals surface area contributed by atoms with Crippen LogP contribution in [0.4, 0.5) is 13.2 Å². The molecule has 0 radical (unpaired) electrons. The number of aliphatic hydroxyl groups excluding tert-OH is 1. The molecule has 0 aliphatic rings. The van der Waals surface area contributed by atoms with Crippen molar-refractivity contribution < 1.29 is 46.7 Å². The molecule has 0 bridgehead atoms. The van der Waals surface area contributed by atoms with Crippen molar-refractivity contribution in [1.82, 2.24) is 5.32 Å². The predicted molar refractivity (Wildman–Crippen MR) is 103 cm³/mol. The van der Waals surface area contributed by atoms with Gasteiger partial charge in [-0.25, -0.2) is 18.2 Å². The van der Waals surface area contributed by atoms with Crippen LogP contribution in [-0.4, -0.2) is 17.4 Å². The van der Waals surface area contributed by atoms with E-state index in [0.717, 1.165) is 6.08 Å². The van der Waals surface area contributed by atoms with Crippen LogP contribution in [-0.2, 0) is 17.9 Å². The summed E-state index contributed by atoms with van der Waals surface area (Å²) in [6.45, 7) is 8.57. The fourth-order valence-electron chi connectivity index (χ4n) is 2.58. The second-order valence-electron chi connectivity index (χ2n) is 5.80. The van der Waals surface area contributed by atoms with E-state index in [0.29, 0.717) is 27.8 Å². The average Bonchev–Trinajstić information content (AvgIpc) is 2.69. The maximum absolute atomic E-state index is 12.3. The molecule has 8 heteroatoms. The first kappa shape index (κ1) is 25.3. The molecular formula is C22H18F3LiNO3-. The number of hydrogen-bond acceptors (Lipinski definition) is 3. The number of rotatable bonds is 8. The quantitative estimate of drug-likeness (QED) is 0.300. The van der Waals surface area contributed by atoms with Gasteiger partial charge < -0.3 is 15.2 Å². The zero-order chi connectivity index (χ0) is 21.4. The molecule has 152 valence electrons. The van der Waals surface area contributed by atoms with Crippen LogP contribution in [0.15, 0.2) is 55.1 Å². The first-order valence-electron chi connectivity index (χ1n) is 8.44. The summed E-state index contributed by atoms with van der Waals surface area (Å²) in [5.74, 6) is -0.728. The van der Waals surface area contributed by atoms with Gasteiger partial charge in [-0.15, -0.1) is 36.4 Å². The Morgan fingerprint density at radius 2 is 1.97 bits per heavy atom. The first-order valence-corrected chi connectivity index (χ1v) is 8.44. The molecule has 2 N–H and O–H groups in total. The molecule has 0 unspecified atom stereocenters. The normalized spacial score (nSPS) is 10.9. The van der Waals surface area contributed by atoms with Gasteiger partial charge in [0, 0.05) is 13.2 Å². The Morgan fingerprint density at radius 3 is 2.50 bits per heavy atom. The van der Waals surface area contributed by atoms with Crippen molar-refractivity contribution in [3.63, 3.8) is 0 Å². The molecule has 0 saturated carbocycles. The second kappa shape index (κ2) is 11.5. The molecule has 0 spiro atoms. The van der Waals surface area contributed by atoms with Crippen molar-refractivity contribution in [2.45, 2.75) is 19.5 Å². The molecule has 0 aliphatic carbocycles. The number of benzene rings is 2. The van der Waals surface area contributed by atoms with Crippen molar-refractivity contribution >= 4 is 12.0 Å². The van der Waals surface area contributed by atoms with Gasteiger partial charge in [-0.3, -0.25) is 11.4 Å². The maximum Gasteiger partial charge on any atom is 1.00 e. The van der Waals surface area contributed by atoms with Crippen LogP contribution < -0.4 is 28.9 Å². The van der Waals surface area contributed by atoms with Crippen molar-refractivity contribution in [2.75, 3.05) is 0 Å². The fourth-order valence-corrected chi connectivity index (χ4v) is 2.58. The Labute approximate surface area is 184 Å². The van der Waals surface area contributed by atoms with Crippen LogP contribution in [0.2, 0.25) is 0 Å². The van der Waals surface area contributed by atoms with E-state index in [2.05, 4.69) is 22.7 Å². The first-order chi connectivity index (χ1) is 13.8. The van der Waals surface area contributed by atoms with Crippen LogP contribution >= 0.6 is 0 Å². The number of nitrogens with one attached hydrogen (secondary N) is 1. The number of amides is 1. The Kier molecular flexibility index (Phi) is 9.67. The van der Waals surface area contributed by atoms with Crippen LogP contribution in [0.25, 0.3) is 17.2 Å². The zero-order valence-corrected chi connectivity index (χ0v) is 16.3. The van der Waals surface area contributed by atoms with Gasteiger partial charge in [-0.1, -0.05) is 35.4 Å². The Hall–Kier alpha value is -2.72. The fraction of sp³-hybridized carbons (Fsp3) is 0.136. The molecule has 0 fully saturated rings. The summed E-state index contributed by atoms with van der Waals surface area (Å²) in [6, 6.07) is 10.1. The van der Waals surface area contributed by atoms with Crippen LogP contribution in [0.3, 0.4) is 0 Å². The number of carbonyl (C=O) groups excluding carboxylic acids is 1. The third-order valence-electron chi connectivity index (χ3n) is 3.87. The van der Waals surface area contributed by atoms with E-state index in [1.54, 1.807) is 18.2 Å². The SMILES string of the molecule is [CH-]=C/C=C\c1[c-]c(-c2ccc(OC(F)(F)F)cc2)cc(CNC(=O)C=C)c1CO.[Li+]. The largest absolute Gasteiger partial charge is 1.00 e. The average molecular weight is 408 g/mol. The molecule has 0 atom stereocenters. The Bertz CT molecular complexity index is 922. The molecule has 2 aromatic carbocycles. The number of allylic oxidation sites excluding steroid dienone is 2. The van der Waals surface area contributed by atoms with E-state index in [-0.39, 0.29) is 43.7 Å². The topological polar surface area (TPSA) is 58.6 Å². The predicted octanol–water partition coefficient (Wildman–Crippen LogP) is 1.35. The number of aliphatic hydroxyl groups is 1. The van der Waals surface area contributed by atoms with E-state index in [1.807, 2.05) is 0 Å². The molecule has 2 aromatic rings. The Morgan fingerprint density at radius 1 is 1.30 bits per heavy atom. The molecule has 0 aromatic heterocycles. The minimum atomic E-state index is -4.77. The molecule has 30 heavy (non-hydrogen) atoms.